The molecule has 0 aliphatic rings. The molecule has 0 bridgehead atoms. The number of allylic oxidation sites excluding steroid dienone is 1. The van der Waals surface area contributed by atoms with Crippen LogP contribution >= 0.6 is 0 Å². The molecule has 0 aromatic rings. The second-order valence-electron chi connectivity index (χ2n) is 2.99. The Bertz CT molecular complexity index is 138. The normalized spacial score (nSPS) is 15.2. The fourth-order valence-electron chi connectivity index (χ4n) is 0.973. The van der Waals surface area contributed by atoms with Crippen molar-refractivity contribution in [2.24, 2.45) is 11.7 Å². The van der Waals surface area contributed by atoms with Crippen LogP contribution in [0.2, 0.25) is 0 Å². The summed E-state index contributed by atoms with van der Waals surface area (Å²) in [6.45, 7) is 11.5. The lowest BCUT2D eigenvalue weighted by molar-refractivity contribution is 0.525. The van der Waals surface area contributed by atoms with Crippen molar-refractivity contribution in [2.75, 3.05) is 0 Å². The lowest BCUT2D eigenvalue weighted by Crippen LogP contribution is -2.22. The summed E-state index contributed by atoms with van der Waals surface area (Å²) >= 11 is 0. The summed E-state index contributed by atoms with van der Waals surface area (Å²) in [6, 6.07) is 0.230. The van der Waals surface area contributed by atoms with Gasteiger partial charge in [-0.15, -0.1) is 0 Å². The maximum atomic E-state index is 5.63. The van der Waals surface area contributed by atoms with Crippen LogP contribution in [-0.4, -0.2) is 6.04 Å². The highest BCUT2D eigenvalue weighted by Crippen LogP contribution is 2.11. The quantitative estimate of drug-likeness (QED) is 0.631. The van der Waals surface area contributed by atoms with Crippen LogP contribution in [0.25, 0.3) is 0 Å². The second-order valence-corrected chi connectivity index (χ2v) is 2.99. The van der Waals surface area contributed by atoms with Gasteiger partial charge in [-0.05, 0) is 25.5 Å². The van der Waals surface area contributed by atoms with Crippen LogP contribution in [0.15, 0.2) is 25.1 Å². The van der Waals surface area contributed by atoms with Gasteiger partial charge < -0.3 is 11.1 Å². The Morgan fingerprint density at radius 2 is 2.18 bits per heavy atom. The lowest BCUT2D eigenvalue weighted by atomic mass is 10.0. The van der Waals surface area contributed by atoms with Crippen molar-refractivity contribution < 1.29 is 0 Å². The van der Waals surface area contributed by atoms with Gasteiger partial charge in [-0.1, -0.05) is 20.1 Å². The molecule has 0 radical (unpaired) electrons. The number of nitrogens with one attached hydrogen (secondary N) is 1. The first-order valence-corrected chi connectivity index (χ1v) is 3.89. The van der Waals surface area contributed by atoms with Crippen LogP contribution in [-0.2, 0) is 0 Å². The molecular weight excluding hydrogens is 136 g/mol. The van der Waals surface area contributed by atoms with Crippen molar-refractivity contribution in [1.82, 2.24) is 5.32 Å². The highest BCUT2D eigenvalue weighted by atomic mass is 14.8. The van der Waals surface area contributed by atoms with E-state index in [9.17, 15) is 0 Å². The Hall–Kier alpha value is -0.760. The highest BCUT2D eigenvalue weighted by molar-refractivity contribution is 4.99. The zero-order valence-electron chi connectivity index (χ0n) is 7.43. The minimum Gasteiger partial charge on any atom is -0.366 e. The number of hydrogen-bond donors (Lipinski definition) is 2. The Balaban J connectivity index is 3.72. The van der Waals surface area contributed by atoms with Crippen LogP contribution in [0.5, 0.6) is 0 Å². The zero-order chi connectivity index (χ0) is 8.85. The maximum absolute atomic E-state index is 5.63. The van der Waals surface area contributed by atoms with Gasteiger partial charge in [0.1, 0.15) is 0 Å². The minimum absolute atomic E-state index is 0.230. The largest absolute Gasteiger partial charge is 0.366 e. The van der Waals surface area contributed by atoms with Crippen molar-refractivity contribution in [2.45, 2.75) is 26.3 Å². The molecule has 0 heterocycles. The Morgan fingerprint density at radius 3 is 2.55 bits per heavy atom. The third kappa shape index (κ3) is 4.62. The van der Waals surface area contributed by atoms with E-state index in [-0.39, 0.29) is 6.04 Å². The Labute approximate surface area is 69.2 Å². The van der Waals surface area contributed by atoms with E-state index in [1.54, 1.807) is 6.20 Å². The van der Waals surface area contributed by atoms with Crippen LogP contribution in [0.4, 0.5) is 0 Å². The standard InChI is InChI=1S/C9H18N2/c1-5-11-9(4)7(2)6-8(3)10/h5,7-8,11H,1,4,6,10H2,2-3H3. The molecular formula is C9H18N2. The van der Waals surface area contributed by atoms with Crippen molar-refractivity contribution >= 4 is 0 Å². The van der Waals surface area contributed by atoms with Crippen molar-refractivity contribution in [3.63, 3.8) is 0 Å². The summed E-state index contributed by atoms with van der Waals surface area (Å²) in [5.41, 5.74) is 6.62. The highest BCUT2D eigenvalue weighted by Gasteiger charge is 2.07. The van der Waals surface area contributed by atoms with E-state index in [2.05, 4.69) is 25.4 Å². The van der Waals surface area contributed by atoms with E-state index in [1.807, 2.05) is 6.92 Å². The molecule has 0 aromatic heterocycles. The molecule has 0 amide bonds. The molecule has 3 N–H and O–H groups in total. The average Bonchev–Trinajstić information content (AvgIpc) is 1.86. The molecule has 64 valence electrons. The van der Waals surface area contributed by atoms with Crippen LogP contribution < -0.4 is 11.1 Å². The molecule has 0 aromatic carbocycles. The van der Waals surface area contributed by atoms with Gasteiger partial charge in [0.15, 0.2) is 0 Å². The number of nitrogens with two attached hydrogens (primary N) is 1. The molecule has 0 aliphatic carbocycles. The van der Waals surface area contributed by atoms with Crippen molar-refractivity contribution in [3.05, 3.63) is 25.1 Å². The monoisotopic (exact) mass is 154 g/mol. The van der Waals surface area contributed by atoms with Gasteiger partial charge >= 0.3 is 0 Å². The summed E-state index contributed by atoms with van der Waals surface area (Å²) in [7, 11) is 0. The molecule has 0 saturated heterocycles. The van der Waals surface area contributed by atoms with E-state index in [0.717, 1.165) is 12.1 Å². The topological polar surface area (TPSA) is 38.0 Å². The van der Waals surface area contributed by atoms with E-state index in [4.69, 9.17) is 5.73 Å². The van der Waals surface area contributed by atoms with Crippen molar-refractivity contribution in [3.8, 4) is 0 Å². The first kappa shape index (κ1) is 10.2. The fraction of sp³-hybridized carbons (Fsp3) is 0.556. The minimum atomic E-state index is 0.230. The molecule has 11 heavy (non-hydrogen) atoms. The summed E-state index contributed by atoms with van der Waals surface area (Å²) in [6.07, 6.45) is 2.60. The third-order valence-electron chi connectivity index (χ3n) is 1.61. The average molecular weight is 154 g/mol. The van der Waals surface area contributed by atoms with Crippen LogP contribution in [0, 0.1) is 5.92 Å². The first-order chi connectivity index (χ1) is 5.07. The molecule has 2 atom stereocenters. The first-order valence-electron chi connectivity index (χ1n) is 3.89. The SMILES string of the molecule is C=CNC(=C)C(C)CC(C)N. The predicted octanol–water partition coefficient (Wildman–Crippen LogP) is 1.61. The van der Waals surface area contributed by atoms with Gasteiger partial charge in [0, 0.05) is 11.7 Å². The molecule has 2 nitrogen and oxygen atoms in total. The summed E-state index contributed by atoms with van der Waals surface area (Å²) in [5, 5.41) is 2.96. The molecule has 0 fully saturated rings. The summed E-state index contributed by atoms with van der Waals surface area (Å²) in [4.78, 5) is 0. The van der Waals surface area contributed by atoms with Gasteiger partial charge in [0.25, 0.3) is 0 Å². The predicted molar refractivity (Wildman–Crippen MR) is 49.9 cm³/mol. The number of hydrogen-bond acceptors (Lipinski definition) is 2. The summed E-state index contributed by atoms with van der Waals surface area (Å²) in [5.74, 6) is 0.410. The maximum Gasteiger partial charge on any atom is 0.0102 e. The molecule has 0 spiro atoms. The molecule has 0 aliphatic heterocycles. The smallest absolute Gasteiger partial charge is 0.0102 e. The van der Waals surface area contributed by atoms with E-state index < -0.39 is 0 Å². The van der Waals surface area contributed by atoms with Crippen molar-refractivity contribution in [1.29, 1.82) is 0 Å². The summed E-state index contributed by atoms with van der Waals surface area (Å²) < 4.78 is 0. The lowest BCUT2D eigenvalue weighted by Gasteiger charge is -2.16. The fourth-order valence-corrected chi connectivity index (χ4v) is 0.973. The van der Waals surface area contributed by atoms with Gasteiger partial charge in [-0.25, -0.2) is 0 Å². The van der Waals surface area contributed by atoms with Crippen LogP contribution in [0.3, 0.4) is 0 Å². The van der Waals surface area contributed by atoms with E-state index >= 15 is 0 Å². The van der Waals surface area contributed by atoms with Gasteiger partial charge in [-0.3, -0.25) is 0 Å². The molecule has 2 unspecified atom stereocenters. The third-order valence-corrected chi connectivity index (χ3v) is 1.61. The zero-order valence-corrected chi connectivity index (χ0v) is 7.43. The molecule has 0 rings (SSSR count). The van der Waals surface area contributed by atoms with Gasteiger partial charge in [-0.2, -0.15) is 0 Å². The molecule has 2 heteroatoms. The Morgan fingerprint density at radius 1 is 1.64 bits per heavy atom. The molecule has 0 saturated carbocycles. The van der Waals surface area contributed by atoms with Crippen LogP contribution in [0.1, 0.15) is 20.3 Å². The van der Waals surface area contributed by atoms with Gasteiger partial charge in [0.2, 0.25) is 0 Å². The Kier molecular flexibility index (Phi) is 4.62. The van der Waals surface area contributed by atoms with E-state index in [0.29, 0.717) is 5.92 Å². The second kappa shape index (κ2) is 4.97. The number of rotatable bonds is 5. The van der Waals surface area contributed by atoms with Gasteiger partial charge in [0.05, 0.1) is 0 Å². The van der Waals surface area contributed by atoms with E-state index in [1.165, 1.54) is 0 Å².